The minimum Gasteiger partial charge on any atom is -0.495 e. The molecule has 1 atom stereocenters. The molecule has 0 aromatic heterocycles. The Morgan fingerprint density at radius 1 is 1.22 bits per heavy atom. The van der Waals surface area contributed by atoms with E-state index in [2.05, 4.69) is 5.32 Å². The van der Waals surface area contributed by atoms with Gasteiger partial charge in [-0.05, 0) is 37.3 Å². The second kappa shape index (κ2) is 8.20. The number of nitrogens with one attached hydrogen (secondary N) is 1. The monoisotopic (exact) mass is 353 g/mol. The van der Waals surface area contributed by atoms with Gasteiger partial charge in [0.2, 0.25) is 0 Å². The zero-order chi connectivity index (χ0) is 16.8. The van der Waals surface area contributed by atoms with Crippen molar-refractivity contribution in [3.63, 3.8) is 0 Å². The van der Waals surface area contributed by atoms with Gasteiger partial charge in [0.05, 0.1) is 12.1 Å². The molecule has 1 amide bonds. The molecule has 0 spiro atoms. The average molecular weight is 354 g/mol. The summed E-state index contributed by atoms with van der Waals surface area (Å²) in [6, 6.07) is 12.9. The Hall–Kier alpha value is -1.75. The van der Waals surface area contributed by atoms with Gasteiger partial charge in [0, 0.05) is 16.3 Å². The van der Waals surface area contributed by atoms with Crippen molar-refractivity contribution < 1.29 is 14.8 Å². The van der Waals surface area contributed by atoms with Crippen molar-refractivity contribution in [1.82, 2.24) is 0 Å². The lowest BCUT2D eigenvalue weighted by molar-refractivity contribution is -0.682. The van der Waals surface area contributed by atoms with Gasteiger partial charge in [-0.2, -0.15) is 0 Å². The molecule has 0 aliphatic heterocycles. The van der Waals surface area contributed by atoms with E-state index in [1.165, 1.54) is 0 Å². The predicted molar refractivity (Wildman–Crippen MR) is 93.3 cm³/mol. The highest BCUT2D eigenvalue weighted by Crippen LogP contribution is 2.27. The molecule has 0 aliphatic carbocycles. The van der Waals surface area contributed by atoms with Crippen LogP contribution >= 0.6 is 23.2 Å². The molecule has 4 nitrogen and oxygen atoms in total. The Kier molecular flexibility index (Phi) is 6.28. The van der Waals surface area contributed by atoms with Crippen molar-refractivity contribution >= 4 is 34.8 Å². The van der Waals surface area contributed by atoms with E-state index in [-0.39, 0.29) is 11.9 Å². The first-order chi connectivity index (χ1) is 11.0. The number of anilines is 1. The maximum atomic E-state index is 12.0. The smallest absolute Gasteiger partial charge is 0.279 e. The molecular weight excluding hydrogens is 335 g/mol. The molecular formula is C17H19Cl2N2O2+. The van der Waals surface area contributed by atoms with Gasteiger partial charge in [0.15, 0.2) is 6.54 Å². The molecule has 0 bridgehead atoms. The number of rotatable bonds is 6. The van der Waals surface area contributed by atoms with Crippen molar-refractivity contribution in [2.75, 3.05) is 19.0 Å². The molecule has 0 saturated carbocycles. The number of carbonyl (C=O) groups is 1. The summed E-state index contributed by atoms with van der Waals surface area (Å²) in [6.45, 7) is 2.36. The van der Waals surface area contributed by atoms with Gasteiger partial charge >= 0.3 is 0 Å². The average Bonchev–Trinajstić information content (AvgIpc) is 2.53. The van der Waals surface area contributed by atoms with E-state index in [4.69, 9.17) is 27.9 Å². The van der Waals surface area contributed by atoms with Crippen LogP contribution in [0.4, 0.5) is 5.69 Å². The van der Waals surface area contributed by atoms with E-state index in [0.29, 0.717) is 28.0 Å². The number of carbonyl (C=O) groups excluding carboxylic acids is 1. The zero-order valence-corrected chi connectivity index (χ0v) is 14.5. The van der Waals surface area contributed by atoms with Crippen LogP contribution in [0.25, 0.3) is 0 Å². The Labute approximate surface area is 145 Å². The fourth-order valence-electron chi connectivity index (χ4n) is 2.14. The van der Waals surface area contributed by atoms with Crippen LogP contribution < -0.4 is 15.4 Å². The van der Waals surface area contributed by atoms with E-state index in [1.54, 1.807) is 25.3 Å². The lowest BCUT2D eigenvalue weighted by Gasteiger charge is -2.12. The molecule has 0 heterocycles. The fourth-order valence-corrected chi connectivity index (χ4v) is 2.53. The van der Waals surface area contributed by atoms with Crippen LogP contribution in [-0.4, -0.2) is 19.6 Å². The number of halogens is 2. The number of hydrogen-bond acceptors (Lipinski definition) is 2. The van der Waals surface area contributed by atoms with Gasteiger partial charge in [0.25, 0.3) is 5.91 Å². The van der Waals surface area contributed by atoms with Crippen LogP contribution in [0, 0.1) is 0 Å². The van der Waals surface area contributed by atoms with Crippen LogP contribution in [0.1, 0.15) is 18.5 Å². The maximum absolute atomic E-state index is 12.0. The lowest BCUT2D eigenvalue weighted by atomic mass is 10.1. The van der Waals surface area contributed by atoms with E-state index < -0.39 is 0 Å². The van der Waals surface area contributed by atoms with Gasteiger partial charge < -0.3 is 15.4 Å². The molecule has 2 rings (SSSR count). The first-order valence-corrected chi connectivity index (χ1v) is 7.97. The third-order valence-corrected chi connectivity index (χ3v) is 4.04. The largest absolute Gasteiger partial charge is 0.495 e. The third-order valence-electron chi connectivity index (χ3n) is 3.49. The van der Waals surface area contributed by atoms with Crippen molar-refractivity contribution in [3.05, 3.63) is 58.1 Å². The highest BCUT2D eigenvalue weighted by atomic mass is 35.5. The van der Waals surface area contributed by atoms with E-state index >= 15 is 0 Å². The number of amides is 1. The number of nitrogens with two attached hydrogens (primary N) is 1. The third kappa shape index (κ3) is 5.13. The number of benzene rings is 2. The molecule has 0 saturated heterocycles. The Morgan fingerprint density at radius 3 is 2.52 bits per heavy atom. The summed E-state index contributed by atoms with van der Waals surface area (Å²) in [5, 5.41) is 5.95. The molecule has 2 aromatic carbocycles. The van der Waals surface area contributed by atoms with Gasteiger partial charge in [-0.15, -0.1) is 0 Å². The molecule has 0 unspecified atom stereocenters. The lowest BCUT2D eigenvalue weighted by Crippen LogP contribution is -2.86. The fraction of sp³-hybridized carbons (Fsp3) is 0.235. The zero-order valence-electron chi connectivity index (χ0n) is 13.0. The number of methoxy groups -OCH3 is 1. The molecule has 23 heavy (non-hydrogen) atoms. The van der Waals surface area contributed by atoms with Crippen LogP contribution in [0.15, 0.2) is 42.5 Å². The van der Waals surface area contributed by atoms with E-state index in [9.17, 15) is 4.79 Å². The van der Waals surface area contributed by atoms with Gasteiger partial charge in [-0.25, -0.2) is 0 Å². The van der Waals surface area contributed by atoms with Crippen molar-refractivity contribution in [2.24, 2.45) is 0 Å². The SMILES string of the molecule is COc1ccc(NC(=O)C[NH2+][C@H](C)c2ccc(Cl)cc2)cc1Cl. The van der Waals surface area contributed by atoms with E-state index in [1.807, 2.05) is 36.5 Å². The summed E-state index contributed by atoms with van der Waals surface area (Å²) in [6.07, 6.45) is 0. The normalized spacial score (nSPS) is 11.8. The summed E-state index contributed by atoms with van der Waals surface area (Å²) in [7, 11) is 1.55. The van der Waals surface area contributed by atoms with Crippen molar-refractivity contribution in [2.45, 2.75) is 13.0 Å². The van der Waals surface area contributed by atoms with Crippen molar-refractivity contribution in [1.29, 1.82) is 0 Å². The Balaban J connectivity index is 1.87. The predicted octanol–water partition coefficient (Wildman–Crippen LogP) is 3.27. The minimum atomic E-state index is -0.0907. The standard InChI is InChI=1S/C17H18Cl2N2O2/c1-11(12-3-5-13(18)6-4-12)20-10-17(22)21-14-7-8-16(23-2)15(19)9-14/h3-9,11,20H,10H2,1-2H3,(H,21,22)/p+1/t11-/m1/s1. The first kappa shape index (κ1) is 17.6. The molecule has 2 aromatic rings. The van der Waals surface area contributed by atoms with Crippen molar-refractivity contribution in [3.8, 4) is 5.75 Å². The summed E-state index contributed by atoms with van der Waals surface area (Å²) < 4.78 is 5.08. The summed E-state index contributed by atoms with van der Waals surface area (Å²) in [4.78, 5) is 12.0. The Bertz CT molecular complexity index is 675. The van der Waals surface area contributed by atoms with E-state index in [0.717, 1.165) is 5.56 Å². The minimum absolute atomic E-state index is 0.0907. The van der Waals surface area contributed by atoms with Gasteiger partial charge in [-0.1, -0.05) is 35.3 Å². The van der Waals surface area contributed by atoms with Crippen LogP contribution in [0.3, 0.4) is 0 Å². The molecule has 6 heteroatoms. The highest BCUT2D eigenvalue weighted by molar-refractivity contribution is 6.32. The molecule has 3 N–H and O–H groups in total. The highest BCUT2D eigenvalue weighted by Gasteiger charge is 2.12. The Morgan fingerprint density at radius 2 is 1.91 bits per heavy atom. The number of ether oxygens (including phenoxy) is 1. The van der Waals surface area contributed by atoms with Crippen LogP contribution in [0.5, 0.6) is 5.75 Å². The van der Waals surface area contributed by atoms with Crippen LogP contribution in [0.2, 0.25) is 10.0 Å². The molecule has 0 aliphatic rings. The summed E-state index contributed by atoms with van der Waals surface area (Å²) in [5.41, 5.74) is 1.77. The second-order valence-electron chi connectivity index (χ2n) is 5.18. The van der Waals surface area contributed by atoms with Gasteiger partial charge in [0.1, 0.15) is 11.8 Å². The summed E-state index contributed by atoms with van der Waals surface area (Å²) in [5.74, 6) is 0.486. The number of quaternary nitrogens is 1. The first-order valence-electron chi connectivity index (χ1n) is 7.22. The summed E-state index contributed by atoms with van der Waals surface area (Å²) >= 11 is 11.9. The van der Waals surface area contributed by atoms with Crippen LogP contribution in [-0.2, 0) is 4.79 Å². The second-order valence-corrected chi connectivity index (χ2v) is 6.02. The topological polar surface area (TPSA) is 54.9 Å². The quantitative estimate of drug-likeness (QED) is 0.837. The molecule has 0 fully saturated rings. The maximum Gasteiger partial charge on any atom is 0.279 e. The molecule has 0 radical (unpaired) electrons. The number of hydrogen-bond donors (Lipinski definition) is 2. The molecule has 122 valence electrons. The van der Waals surface area contributed by atoms with Gasteiger partial charge in [-0.3, -0.25) is 4.79 Å².